The Morgan fingerprint density at radius 1 is 1.21 bits per heavy atom. The zero-order valence-corrected chi connectivity index (χ0v) is 17.4. The van der Waals surface area contributed by atoms with E-state index in [-0.39, 0.29) is 36.7 Å². The fourth-order valence-corrected chi connectivity index (χ4v) is 2.44. The summed E-state index contributed by atoms with van der Waals surface area (Å²) in [5.74, 6) is -2.25. The minimum absolute atomic E-state index is 0.105. The first kappa shape index (κ1) is 26.6. The van der Waals surface area contributed by atoms with Gasteiger partial charge in [0.05, 0.1) is 5.94 Å². The first-order chi connectivity index (χ1) is 13.5. The van der Waals surface area contributed by atoms with Crippen LogP contribution in [0.4, 0.5) is 0 Å². The lowest BCUT2D eigenvalue weighted by molar-refractivity contribution is -0.525. The Kier molecular flexibility index (Phi) is 12.6. The van der Waals surface area contributed by atoms with E-state index in [1.807, 2.05) is 20.8 Å². The zero-order chi connectivity index (χ0) is 22.6. The molecule has 0 aliphatic carbocycles. The lowest BCUT2D eigenvalue weighted by Crippen LogP contribution is -2.54. The first-order valence-corrected chi connectivity index (χ1v) is 9.65. The number of hydrogen-bond acceptors (Lipinski definition) is 7. The van der Waals surface area contributed by atoms with Gasteiger partial charge in [0.2, 0.25) is 11.8 Å². The SMILES string of the molecule is CC[C@H](C)C(=O)N[C@@H](CCCN=C(N)N[N+](=O)[O-])C(=O)N[C@@H](CC(C)C)B(O)O. The van der Waals surface area contributed by atoms with E-state index >= 15 is 0 Å². The third-order valence-corrected chi connectivity index (χ3v) is 4.24. The molecule has 7 N–H and O–H groups in total. The minimum atomic E-state index is -1.73. The highest BCUT2D eigenvalue weighted by Gasteiger charge is 2.30. The molecule has 0 heterocycles. The summed E-state index contributed by atoms with van der Waals surface area (Å²) in [5.41, 5.74) is 7.04. The quantitative estimate of drug-likeness (QED) is 0.0546. The molecule has 166 valence electrons. The van der Waals surface area contributed by atoms with Gasteiger partial charge in [0.25, 0.3) is 5.96 Å². The number of hydrogen-bond donors (Lipinski definition) is 6. The van der Waals surface area contributed by atoms with E-state index in [9.17, 15) is 29.8 Å². The second-order valence-electron chi connectivity index (χ2n) is 7.31. The molecule has 29 heavy (non-hydrogen) atoms. The summed E-state index contributed by atoms with van der Waals surface area (Å²) in [5, 5.41) is 33.7. The summed E-state index contributed by atoms with van der Waals surface area (Å²) in [7, 11) is -1.73. The molecule has 0 rings (SSSR count). The number of nitrogens with two attached hydrogens (primary N) is 1. The number of hydrazine groups is 1. The molecule has 3 atom stereocenters. The summed E-state index contributed by atoms with van der Waals surface area (Å²) in [6.07, 6.45) is 1.45. The second-order valence-corrected chi connectivity index (χ2v) is 7.31. The molecule has 0 unspecified atom stereocenters. The molecule has 0 saturated heterocycles. The number of carbonyl (C=O) groups excluding carboxylic acids is 2. The van der Waals surface area contributed by atoms with Gasteiger partial charge in [-0.15, -0.1) is 0 Å². The highest BCUT2D eigenvalue weighted by Crippen LogP contribution is 2.08. The molecular formula is C16H33BN6O6. The molecule has 0 radical (unpaired) electrons. The van der Waals surface area contributed by atoms with Crippen molar-refractivity contribution >= 4 is 24.9 Å². The van der Waals surface area contributed by atoms with Crippen molar-refractivity contribution in [1.82, 2.24) is 16.1 Å². The number of nitro groups is 1. The van der Waals surface area contributed by atoms with Crippen LogP contribution in [0.5, 0.6) is 0 Å². The van der Waals surface area contributed by atoms with Gasteiger partial charge >= 0.3 is 7.12 Å². The van der Waals surface area contributed by atoms with E-state index in [0.29, 0.717) is 19.3 Å². The average Bonchev–Trinajstić information content (AvgIpc) is 2.61. The standard InChI is InChI=1S/C16H33BN6O6/c1-5-11(4)14(24)20-12(7-6-8-19-16(18)22-23(28)29)15(25)21-13(17(26)27)9-10(2)3/h10-13,26-27H,5-9H2,1-4H3,(H,20,24)(H,21,25)(H3,18,19,22)/t11-,12-,13-/m0/s1. The molecule has 0 aliphatic heterocycles. The van der Waals surface area contributed by atoms with Crippen molar-refractivity contribution in [3.05, 3.63) is 10.1 Å². The molecule has 0 aromatic rings. The Morgan fingerprint density at radius 2 is 1.83 bits per heavy atom. The average molecular weight is 416 g/mol. The van der Waals surface area contributed by atoms with Gasteiger partial charge in [-0.05, 0) is 31.6 Å². The predicted octanol–water partition coefficient (Wildman–Crippen LogP) is -1.06. The smallest absolute Gasteiger partial charge is 0.426 e. The Morgan fingerprint density at radius 3 is 2.31 bits per heavy atom. The van der Waals surface area contributed by atoms with Crippen LogP contribution in [0.1, 0.15) is 53.4 Å². The lowest BCUT2D eigenvalue weighted by atomic mass is 9.75. The summed E-state index contributed by atoms with van der Waals surface area (Å²) in [4.78, 5) is 38.9. The molecule has 0 bridgehead atoms. The summed E-state index contributed by atoms with van der Waals surface area (Å²) < 4.78 is 0. The van der Waals surface area contributed by atoms with Crippen molar-refractivity contribution in [3.63, 3.8) is 0 Å². The molecule has 0 saturated carbocycles. The maximum atomic E-state index is 12.6. The molecule has 0 fully saturated rings. The van der Waals surface area contributed by atoms with Crippen LogP contribution < -0.4 is 21.8 Å². The number of rotatable bonds is 13. The van der Waals surface area contributed by atoms with Crippen molar-refractivity contribution in [2.45, 2.75) is 65.4 Å². The van der Waals surface area contributed by atoms with Gasteiger partial charge in [-0.2, -0.15) is 0 Å². The number of guanidine groups is 1. The normalized spacial score (nSPS) is 14.7. The van der Waals surface area contributed by atoms with E-state index in [2.05, 4.69) is 15.6 Å². The van der Waals surface area contributed by atoms with Crippen molar-refractivity contribution in [1.29, 1.82) is 0 Å². The van der Waals surface area contributed by atoms with Gasteiger partial charge in [-0.3, -0.25) is 9.59 Å². The van der Waals surface area contributed by atoms with Gasteiger partial charge in [-0.1, -0.05) is 33.1 Å². The van der Waals surface area contributed by atoms with Crippen molar-refractivity contribution < 1.29 is 24.7 Å². The molecule has 13 heteroatoms. The highest BCUT2D eigenvalue weighted by atomic mass is 16.7. The number of nitrogens with zero attached hydrogens (tertiary/aromatic N) is 2. The number of nitrogens with one attached hydrogen (secondary N) is 3. The van der Waals surface area contributed by atoms with Crippen LogP contribution in [0.3, 0.4) is 0 Å². The third-order valence-electron chi connectivity index (χ3n) is 4.24. The van der Waals surface area contributed by atoms with Crippen LogP contribution in [0.15, 0.2) is 4.99 Å². The highest BCUT2D eigenvalue weighted by molar-refractivity contribution is 6.43. The Hall–Kier alpha value is -2.41. The van der Waals surface area contributed by atoms with Gasteiger partial charge in [-0.25, -0.2) is 15.1 Å². The Bertz CT molecular complexity index is 574. The lowest BCUT2D eigenvalue weighted by Gasteiger charge is -2.25. The number of amides is 2. The van der Waals surface area contributed by atoms with Crippen molar-refractivity contribution in [2.75, 3.05) is 6.54 Å². The van der Waals surface area contributed by atoms with E-state index < -0.39 is 30.0 Å². The van der Waals surface area contributed by atoms with Crippen LogP contribution in [0.25, 0.3) is 0 Å². The second kappa shape index (κ2) is 13.7. The van der Waals surface area contributed by atoms with E-state index in [4.69, 9.17) is 5.73 Å². The molecular weight excluding hydrogens is 383 g/mol. The van der Waals surface area contributed by atoms with Crippen LogP contribution in [-0.2, 0) is 9.59 Å². The fraction of sp³-hybridized carbons (Fsp3) is 0.812. The summed E-state index contributed by atoms with van der Waals surface area (Å²) >= 11 is 0. The summed E-state index contributed by atoms with van der Waals surface area (Å²) in [6, 6.07) is -0.912. The van der Waals surface area contributed by atoms with Crippen molar-refractivity contribution in [2.24, 2.45) is 22.6 Å². The predicted molar refractivity (Wildman–Crippen MR) is 109 cm³/mol. The van der Waals surface area contributed by atoms with E-state index in [1.54, 1.807) is 12.3 Å². The topological polar surface area (TPSA) is 192 Å². The van der Waals surface area contributed by atoms with Crippen LogP contribution in [0.2, 0.25) is 0 Å². The van der Waals surface area contributed by atoms with Crippen molar-refractivity contribution in [3.8, 4) is 0 Å². The fourth-order valence-electron chi connectivity index (χ4n) is 2.44. The van der Waals surface area contributed by atoms with E-state index in [1.165, 1.54) is 0 Å². The van der Waals surface area contributed by atoms with Gasteiger partial charge in [0, 0.05) is 12.5 Å². The minimum Gasteiger partial charge on any atom is -0.426 e. The maximum absolute atomic E-state index is 12.6. The molecule has 0 aromatic heterocycles. The molecule has 0 aliphatic rings. The number of aliphatic imine (C=N–C) groups is 1. The van der Waals surface area contributed by atoms with E-state index in [0.717, 1.165) is 0 Å². The van der Waals surface area contributed by atoms with Gasteiger partial charge < -0.3 is 26.4 Å². The summed E-state index contributed by atoms with van der Waals surface area (Å²) in [6.45, 7) is 7.45. The van der Waals surface area contributed by atoms with Gasteiger partial charge in [0.15, 0.2) is 5.03 Å². The molecule has 0 spiro atoms. The van der Waals surface area contributed by atoms with Crippen LogP contribution in [0, 0.1) is 22.0 Å². The maximum Gasteiger partial charge on any atom is 0.475 e. The Balaban J connectivity index is 5.05. The first-order valence-electron chi connectivity index (χ1n) is 9.65. The molecule has 0 aromatic carbocycles. The zero-order valence-electron chi connectivity index (χ0n) is 17.4. The Labute approximate surface area is 171 Å². The molecule has 12 nitrogen and oxygen atoms in total. The largest absolute Gasteiger partial charge is 0.475 e. The monoisotopic (exact) mass is 416 g/mol. The number of carbonyl (C=O) groups is 2. The molecule has 2 amide bonds. The van der Waals surface area contributed by atoms with Gasteiger partial charge in [0.1, 0.15) is 6.04 Å². The van der Waals surface area contributed by atoms with Crippen LogP contribution in [-0.4, -0.2) is 58.5 Å². The van der Waals surface area contributed by atoms with Crippen LogP contribution >= 0.6 is 0 Å². The third kappa shape index (κ3) is 11.9.